The number of hydrogen-bond donors (Lipinski definition) is 0. The molecule has 4 rings (SSSR count). The lowest BCUT2D eigenvalue weighted by Gasteiger charge is -2.20. The van der Waals surface area contributed by atoms with E-state index in [0.29, 0.717) is 0 Å². The number of benzene rings is 2. The molecule has 1 aliphatic rings. The van der Waals surface area contributed by atoms with Gasteiger partial charge >= 0.3 is 0 Å². The van der Waals surface area contributed by atoms with E-state index in [2.05, 4.69) is 74.0 Å². The molecule has 0 fully saturated rings. The molecule has 2 nitrogen and oxygen atoms in total. The van der Waals surface area contributed by atoms with Gasteiger partial charge in [0.1, 0.15) is 0 Å². The molecule has 2 heteroatoms. The Morgan fingerprint density at radius 2 is 1.54 bits per heavy atom. The van der Waals surface area contributed by atoms with Crippen molar-refractivity contribution in [2.45, 2.75) is 40.0 Å². The maximum absolute atomic E-state index is 5.04. The Labute approximate surface area is 144 Å². The molecule has 0 amide bonds. The van der Waals surface area contributed by atoms with Gasteiger partial charge in [-0.15, -0.1) is 0 Å². The second-order valence-electron chi connectivity index (χ2n) is 7.24. The summed E-state index contributed by atoms with van der Waals surface area (Å²) in [4.78, 5) is 0. The van der Waals surface area contributed by atoms with Crippen molar-refractivity contribution in [1.82, 2.24) is 9.78 Å². The van der Waals surface area contributed by atoms with Gasteiger partial charge in [-0.3, -0.25) is 0 Å². The minimum Gasteiger partial charge on any atom is -0.237 e. The number of hydrogen-bond acceptors (Lipinski definition) is 1. The van der Waals surface area contributed by atoms with E-state index in [1.54, 1.807) is 0 Å². The third kappa shape index (κ3) is 2.66. The zero-order valence-corrected chi connectivity index (χ0v) is 14.7. The van der Waals surface area contributed by atoms with E-state index in [-0.39, 0.29) is 0 Å². The van der Waals surface area contributed by atoms with Gasteiger partial charge in [0, 0.05) is 16.8 Å². The Hall–Kier alpha value is -2.35. The highest BCUT2D eigenvalue weighted by Gasteiger charge is 2.25. The predicted molar refractivity (Wildman–Crippen MR) is 99.7 cm³/mol. The monoisotopic (exact) mass is 316 g/mol. The Morgan fingerprint density at radius 1 is 0.917 bits per heavy atom. The van der Waals surface area contributed by atoms with Crippen LogP contribution in [0.2, 0.25) is 0 Å². The molecule has 2 aromatic carbocycles. The Balaban J connectivity index is 1.88. The fourth-order valence-corrected chi connectivity index (χ4v) is 3.62. The van der Waals surface area contributed by atoms with Crippen molar-refractivity contribution < 1.29 is 0 Å². The Bertz CT molecular complexity index is 854. The van der Waals surface area contributed by atoms with E-state index in [4.69, 9.17) is 5.10 Å². The first-order valence-corrected chi connectivity index (χ1v) is 8.86. The van der Waals surface area contributed by atoms with Crippen LogP contribution in [0.4, 0.5) is 0 Å². The maximum Gasteiger partial charge on any atom is 0.0962 e. The van der Waals surface area contributed by atoms with E-state index >= 15 is 0 Å². The summed E-state index contributed by atoms with van der Waals surface area (Å²) in [5.74, 6) is 0.726. The van der Waals surface area contributed by atoms with Crippen molar-refractivity contribution in [3.8, 4) is 16.9 Å². The maximum atomic E-state index is 5.04. The van der Waals surface area contributed by atoms with Crippen LogP contribution in [0.1, 0.15) is 35.7 Å². The minimum atomic E-state index is 0.726. The summed E-state index contributed by atoms with van der Waals surface area (Å²) in [6, 6.07) is 17.5. The second-order valence-corrected chi connectivity index (χ2v) is 7.24. The minimum absolute atomic E-state index is 0.726. The standard InChI is InChI=1S/C22H24N2/c1-15-4-9-18(10-5-15)22-20-13-8-17(3)14-21(20)24(23-22)19-11-6-16(2)7-12-19/h4-7,9-12,17H,8,13-14H2,1-3H3. The number of aromatic nitrogens is 2. The van der Waals surface area contributed by atoms with E-state index in [1.807, 2.05) is 0 Å². The van der Waals surface area contributed by atoms with Gasteiger partial charge in [0.2, 0.25) is 0 Å². The molecule has 0 bridgehead atoms. The lowest BCUT2D eigenvalue weighted by Crippen LogP contribution is -2.14. The Morgan fingerprint density at radius 3 is 2.21 bits per heavy atom. The highest BCUT2D eigenvalue weighted by molar-refractivity contribution is 5.66. The zero-order chi connectivity index (χ0) is 16.7. The summed E-state index contributed by atoms with van der Waals surface area (Å²) in [6.07, 6.45) is 3.50. The SMILES string of the molecule is Cc1ccc(-c2nn(-c3ccc(C)cc3)c3c2CCC(C)C3)cc1. The molecule has 1 aliphatic carbocycles. The van der Waals surface area contributed by atoms with Crippen LogP contribution in [-0.4, -0.2) is 9.78 Å². The van der Waals surface area contributed by atoms with E-state index in [0.717, 1.165) is 24.5 Å². The van der Waals surface area contributed by atoms with E-state index in [9.17, 15) is 0 Å². The van der Waals surface area contributed by atoms with Crippen molar-refractivity contribution in [3.63, 3.8) is 0 Å². The van der Waals surface area contributed by atoms with Crippen LogP contribution < -0.4 is 0 Å². The fourth-order valence-electron chi connectivity index (χ4n) is 3.62. The summed E-state index contributed by atoms with van der Waals surface area (Å²) in [7, 11) is 0. The zero-order valence-electron chi connectivity index (χ0n) is 14.7. The van der Waals surface area contributed by atoms with Gasteiger partial charge < -0.3 is 0 Å². The lowest BCUT2D eigenvalue weighted by molar-refractivity contribution is 0.488. The average molecular weight is 316 g/mol. The van der Waals surface area contributed by atoms with Crippen molar-refractivity contribution in [3.05, 3.63) is 70.9 Å². The molecule has 0 N–H and O–H groups in total. The van der Waals surface area contributed by atoms with E-state index < -0.39 is 0 Å². The molecule has 0 radical (unpaired) electrons. The largest absolute Gasteiger partial charge is 0.237 e. The van der Waals surface area contributed by atoms with Crippen LogP contribution in [0.3, 0.4) is 0 Å². The summed E-state index contributed by atoms with van der Waals surface area (Å²) in [5.41, 5.74) is 8.98. The molecule has 0 aliphatic heterocycles. The molecule has 0 saturated heterocycles. The molecule has 1 unspecified atom stereocenters. The topological polar surface area (TPSA) is 17.8 Å². The number of rotatable bonds is 2. The van der Waals surface area contributed by atoms with Gasteiger partial charge in [0.25, 0.3) is 0 Å². The molecule has 1 aromatic heterocycles. The third-order valence-electron chi connectivity index (χ3n) is 5.12. The second kappa shape index (κ2) is 5.94. The quantitative estimate of drug-likeness (QED) is 0.629. The van der Waals surface area contributed by atoms with Gasteiger partial charge in [-0.25, -0.2) is 4.68 Å². The highest BCUT2D eigenvalue weighted by Crippen LogP contribution is 2.34. The number of nitrogens with zero attached hydrogens (tertiary/aromatic N) is 2. The molecule has 24 heavy (non-hydrogen) atoms. The summed E-state index contributed by atoms with van der Waals surface area (Å²) >= 11 is 0. The molecule has 1 atom stereocenters. The molecular weight excluding hydrogens is 292 g/mol. The first-order chi connectivity index (χ1) is 11.6. The normalized spacial score (nSPS) is 16.9. The van der Waals surface area contributed by atoms with Crippen LogP contribution in [-0.2, 0) is 12.8 Å². The number of aryl methyl sites for hydroxylation is 2. The van der Waals surface area contributed by atoms with Gasteiger partial charge in [-0.2, -0.15) is 5.10 Å². The first kappa shape index (κ1) is 15.2. The van der Waals surface area contributed by atoms with E-state index in [1.165, 1.54) is 40.1 Å². The van der Waals surface area contributed by atoms with Crippen molar-refractivity contribution in [1.29, 1.82) is 0 Å². The number of fused-ring (bicyclic) bond motifs is 1. The van der Waals surface area contributed by atoms with Gasteiger partial charge in [-0.05, 0) is 51.2 Å². The fraction of sp³-hybridized carbons (Fsp3) is 0.318. The smallest absolute Gasteiger partial charge is 0.0962 e. The summed E-state index contributed by atoms with van der Waals surface area (Å²) in [5, 5.41) is 5.04. The molecule has 3 aromatic rings. The lowest BCUT2D eigenvalue weighted by atomic mass is 9.87. The van der Waals surface area contributed by atoms with Crippen LogP contribution in [0.15, 0.2) is 48.5 Å². The van der Waals surface area contributed by atoms with Gasteiger partial charge in [0.05, 0.1) is 11.4 Å². The van der Waals surface area contributed by atoms with Crippen LogP contribution in [0.5, 0.6) is 0 Å². The van der Waals surface area contributed by atoms with Crippen LogP contribution in [0.25, 0.3) is 16.9 Å². The van der Waals surface area contributed by atoms with Crippen LogP contribution in [0, 0.1) is 19.8 Å². The Kier molecular flexibility index (Phi) is 3.76. The van der Waals surface area contributed by atoms with Crippen molar-refractivity contribution >= 4 is 0 Å². The molecule has 1 heterocycles. The molecule has 122 valence electrons. The molecular formula is C22H24N2. The summed E-state index contributed by atoms with van der Waals surface area (Å²) < 4.78 is 2.18. The molecule has 0 saturated carbocycles. The summed E-state index contributed by atoms with van der Waals surface area (Å²) in [6.45, 7) is 6.61. The molecule has 0 spiro atoms. The first-order valence-electron chi connectivity index (χ1n) is 8.86. The van der Waals surface area contributed by atoms with Crippen molar-refractivity contribution in [2.24, 2.45) is 5.92 Å². The van der Waals surface area contributed by atoms with Gasteiger partial charge in [0.15, 0.2) is 0 Å². The highest BCUT2D eigenvalue weighted by atomic mass is 15.3. The van der Waals surface area contributed by atoms with Crippen LogP contribution >= 0.6 is 0 Å². The van der Waals surface area contributed by atoms with Gasteiger partial charge in [-0.1, -0.05) is 54.4 Å². The van der Waals surface area contributed by atoms with Crippen molar-refractivity contribution in [2.75, 3.05) is 0 Å². The predicted octanol–water partition coefficient (Wildman–Crippen LogP) is 5.28. The third-order valence-corrected chi connectivity index (χ3v) is 5.12. The average Bonchev–Trinajstić information content (AvgIpc) is 2.95.